The van der Waals surface area contributed by atoms with Gasteiger partial charge >= 0.3 is 0 Å². The van der Waals surface area contributed by atoms with Crippen LogP contribution in [0.3, 0.4) is 0 Å². The van der Waals surface area contributed by atoms with E-state index in [1.54, 1.807) is 12.4 Å². The Morgan fingerprint density at radius 1 is 1.15 bits per heavy atom. The molecule has 1 aromatic carbocycles. The van der Waals surface area contributed by atoms with Crippen LogP contribution in [-0.4, -0.2) is 52.4 Å². The summed E-state index contributed by atoms with van der Waals surface area (Å²) in [4.78, 5) is 11.4. The maximum Gasteiger partial charge on any atom is 0.0931 e. The normalized spacial score (nSPS) is 24.0. The molecule has 4 rings (SSSR count). The summed E-state index contributed by atoms with van der Waals surface area (Å²) in [6.45, 7) is 4.10. The molecule has 0 aliphatic carbocycles. The highest BCUT2D eigenvalue weighted by atomic mass is 16.5. The van der Waals surface area contributed by atoms with E-state index in [-0.39, 0.29) is 12.0 Å². The van der Waals surface area contributed by atoms with Gasteiger partial charge < -0.3 is 9.84 Å². The zero-order valence-corrected chi connectivity index (χ0v) is 15.4. The number of hydrogen-bond acceptors (Lipinski definition) is 5. The number of hydrogen-bond donors (Lipinski definition) is 1. The van der Waals surface area contributed by atoms with Crippen molar-refractivity contribution in [3.05, 3.63) is 36.2 Å². The highest BCUT2D eigenvalue weighted by Crippen LogP contribution is 2.38. The fourth-order valence-electron chi connectivity index (χ4n) is 4.48. The molecule has 26 heavy (non-hydrogen) atoms. The van der Waals surface area contributed by atoms with E-state index in [0.29, 0.717) is 6.10 Å². The Hall–Kier alpha value is -1.56. The average Bonchev–Trinajstić information content (AvgIpc) is 2.71. The first-order valence-corrected chi connectivity index (χ1v) is 9.91. The molecule has 3 heterocycles. The molecule has 2 aliphatic heterocycles. The van der Waals surface area contributed by atoms with E-state index in [0.717, 1.165) is 63.0 Å². The van der Waals surface area contributed by atoms with Gasteiger partial charge in [0.15, 0.2) is 0 Å². The number of rotatable bonds is 5. The van der Waals surface area contributed by atoms with Crippen molar-refractivity contribution in [3.63, 3.8) is 0 Å². The molecular formula is C21H29N3O2. The number of aromatic nitrogens is 2. The van der Waals surface area contributed by atoms with Crippen LogP contribution in [0.25, 0.3) is 11.0 Å². The predicted molar refractivity (Wildman–Crippen MR) is 102 cm³/mol. The Bertz CT molecular complexity index is 717. The monoisotopic (exact) mass is 355 g/mol. The van der Waals surface area contributed by atoms with E-state index in [9.17, 15) is 5.11 Å². The van der Waals surface area contributed by atoms with Gasteiger partial charge in [0.05, 0.1) is 17.1 Å². The van der Waals surface area contributed by atoms with Crippen molar-refractivity contribution in [2.24, 2.45) is 5.41 Å². The Morgan fingerprint density at radius 2 is 2.00 bits per heavy atom. The minimum absolute atomic E-state index is 0.0388. The third-order valence-electron chi connectivity index (χ3n) is 6.16. The Morgan fingerprint density at radius 3 is 2.77 bits per heavy atom. The van der Waals surface area contributed by atoms with Gasteiger partial charge in [-0.25, -0.2) is 0 Å². The summed E-state index contributed by atoms with van der Waals surface area (Å²) in [5.41, 5.74) is 3.24. The van der Waals surface area contributed by atoms with Gasteiger partial charge in [0, 0.05) is 32.2 Å². The molecule has 1 unspecified atom stereocenters. The van der Waals surface area contributed by atoms with Crippen LogP contribution >= 0.6 is 0 Å². The fourth-order valence-corrected chi connectivity index (χ4v) is 4.48. The van der Waals surface area contributed by atoms with Gasteiger partial charge in [0.25, 0.3) is 0 Å². The predicted octanol–water partition coefficient (Wildman–Crippen LogP) is 3.16. The highest BCUT2D eigenvalue weighted by Gasteiger charge is 2.37. The van der Waals surface area contributed by atoms with Crippen molar-refractivity contribution >= 4 is 11.0 Å². The number of para-hydroxylation sites is 1. The van der Waals surface area contributed by atoms with Crippen LogP contribution in [0, 0.1) is 5.41 Å². The van der Waals surface area contributed by atoms with Gasteiger partial charge in [0.1, 0.15) is 0 Å². The molecule has 2 saturated heterocycles. The lowest BCUT2D eigenvalue weighted by molar-refractivity contribution is -0.0486. The number of piperidine rings is 1. The number of likely N-dealkylation sites (tertiary alicyclic amines) is 1. The van der Waals surface area contributed by atoms with Gasteiger partial charge in [-0.2, -0.15) is 0 Å². The Kier molecular flexibility index (Phi) is 5.48. The Labute approximate surface area is 155 Å². The van der Waals surface area contributed by atoms with Crippen molar-refractivity contribution in [2.45, 2.75) is 51.2 Å². The lowest BCUT2D eigenvalue weighted by Gasteiger charge is -2.43. The standard InChI is InChI=1S/C21H29N3O2/c25-16-21(14-18-5-1-2-13-26-18)7-11-24(12-8-21)15-17-4-3-6-19-20(17)23-10-9-22-19/h3-4,6,9-10,18,25H,1-2,5,7-8,11-16H2. The molecule has 1 atom stereocenters. The molecule has 0 radical (unpaired) electrons. The number of nitrogens with zero attached hydrogens (tertiary/aromatic N) is 3. The molecule has 0 spiro atoms. The first-order valence-electron chi connectivity index (χ1n) is 9.91. The molecule has 140 valence electrons. The SMILES string of the molecule is OCC1(CC2CCCCO2)CCN(Cc2cccc3nccnc23)CC1. The highest BCUT2D eigenvalue weighted by molar-refractivity contribution is 5.77. The van der Waals surface area contributed by atoms with Gasteiger partial charge in [-0.15, -0.1) is 0 Å². The number of aliphatic hydroxyl groups excluding tert-OH is 1. The topological polar surface area (TPSA) is 58.5 Å². The fraction of sp³-hybridized carbons (Fsp3) is 0.619. The molecule has 2 aliphatic rings. The summed E-state index contributed by atoms with van der Waals surface area (Å²) in [7, 11) is 0. The lowest BCUT2D eigenvalue weighted by Crippen LogP contribution is -2.44. The molecular weight excluding hydrogens is 326 g/mol. The van der Waals surface area contributed by atoms with Gasteiger partial charge in [-0.1, -0.05) is 12.1 Å². The molecule has 0 bridgehead atoms. The van der Waals surface area contributed by atoms with Crippen molar-refractivity contribution in [3.8, 4) is 0 Å². The van der Waals surface area contributed by atoms with E-state index >= 15 is 0 Å². The van der Waals surface area contributed by atoms with E-state index in [4.69, 9.17) is 4.74 Å². The maximum atomic E-state index is 10.1. The van der Waals surface area contributed by atoms with Crippen LogP contribution in [-0.2, 0) is 11.3 Å². The second-order valence-electron chi connectivity index (χ2n) is 7.97. The van der Waals surface area contributed by atoms with Crippen LogP contribution in [0.15, 0.2) is 30.6 Å². The summed E-state index contributed by atoms with van der Waals surface area (Å²) < 4.78 is 5.94. The average molecular weight is 355 g/mol. The third-order valence-corrected chi connectivity index (χ3v) is 6.16. The van der Waals surface area contributed by atoms with E-state index in [1.165, 1.54) is 18.4 Å². The summed E-state index contributed by atoms with van der Waals surface area (Å²) in [6, 6.07) is 6.23. The molecule has 0 saturated carbocycles. The zero-order chi connectivity index (χ0) is 17.8. The molecule has 2 fully saturated rings. The molecule has 5 heteroatoms. The summed E-state index contributed by atoms with van der Waals surface area (Å²) >= 11 is 0. The van der Waals surface area contributed by atoms with Crippen LogP contribution in [0.4, 0.5) is 0 Å². The van der Waals surface area contributed by atoms with Crippen LogP contribution in [0.5, 0.6) is 0 Å². The smallest absolute Gasteiger partial charge is 0.0931 e. The number of benzene rings is 1. The minimum Gasteiger partial charge on any atom is -0.396 e. The van der Waals surface area contributed by atoms with Gasteiger partial charge in [-0.05, 0) is 68.7 Å². The lowest BCUT2D eigenvalue weighted by atomic mass is 9.74. The van der Waals surface area contributed by atoms with E-state index < -0.39 is 0 Å². The van der Waals surface area contributed by atoms with E-state index in [2.05, 4.69) is 27.0 Å². The number of fused-ring (bicyclic) bond motifs is 1. The van der Waals surface area contributed by atoms with Gasteiger partial charge in [0.2, 0.25) is 0 Å². The second-order valence-corrected chi connectivity index (χ2v) is 7.97. The minimum atomic E-state index is 0.0388. The largest absolute Gasteiger partial charge is 0.396 e. The molecule has 2 aromatic rings. The zero-order valence-electron chi connectivity index (χ0n) is 15.4. The maximum absolute atomic E-state index is 10.1. The Balaban J connectivity index is 1.39. The van der Waals surface area contributed by atoms with Crippen molar-refractivity contribution in [2.75, 3.05) is 26.3 Å². The van der Waals surface area contributed by atoms with Crippen molar-refractivity contribution in [1.82, 2.24) is 14.9 Å². The molecule has 1 N–H and O–H groups in total. The van der Waals surface area contributed by atoms with E-state index in [1.807, 2.05) is 6.07 Å². The molecule has 5 nitrogen and oxygen atoms in total. The first kappa shape index (κ1) is 17.8. The van der Waals surface area contributed by atoms with Crippen LogP contribution in [0.2, 0.25) is 0 Å². The summed E-state index contributed by atoms with van der Waals surface area (Å²) in [5.74, 6) is 0. The van der Waals surface area contributed by atoms with Crippen LogP contribution < -0.4 is 0 Å². The van der Waals surface area contributed by atoms with Crippen molar-refractivity contribution < 1.29 is 9.84 Å². The second kappa shape index (κ2) is 7.99. The summed E-state index contributed by atoms with van der Waals surface area (Å²) in [6.07, 6.45) is 10.6. The quantitative estimate of drug-likeness (QED) is 0.893. The van der Waals surface area contributed by atoms with Crippen LogP contribution in [0.1, 0.15) is 44.1 Å². The molecule has 0 amide bonds. The number of ether oxygens (including phenoxy) is 1. The first-order chi connectivity index (χ1) is 12.8. The van der Waals surface area contributed by atoms with Gasteiger partial charge in [-0.3, -0.25) is 14.9 Å². The van der Waals surface area contributed by atoms with Crippen molar-refractivity contribution in [1.29, 1.82) is 0 Å². The summed E-state index contributed by atoms with van der Waals surface area (Å²) in [5, 5.41) is 10.1. The third kappa shape index (κ3) is 3.90. The number of aliphatic hydroxyl groups is 1. The molecule has 1 aromatic heterocycles.